The van der Waals surface area contributed by atoms with Gasteiger partial charge in [-0.05, 0) is 6.42 Å². The minimum absolute atomic E-state index is 0.491. The van der Waals surface area contributed by atoms with Gasteiger partial charge in [-0.1, -0.05) is 6.92 Å². The number of nitrogens with two attached hydrogens (primary N) is 1. The zero-order valence-electron chi connectivity index (χ0n) is 3.23. The maximum absolute atomic E-state index is 6.55. The van der Waals surface area contributed by atoms with Gasteiger partial charge in [0.25, 0.3) is 0 Å². The molecular formula is C3H8N2. The summed E-state index contributed by atoms with van der Waals surface area (Å²) in [6.45, 7) is 1.76. The fourth-order valence-electron chi connectivity index (χ4n) is 0. The molecule has 0 aromatic rings. The molecule has 0 heterocycles. The summed E-state index contributed by atoms with van der Waals surface area (Å²) in [6, 6.07) is 0. The number of hydrogen-bond acceptors (Lipinski definition) is 1. The third-order valence-corrected chi connectivity index (χ3v) is 0.359. The molecule has 0 saturated heterocycles. The van der Waals surface area contributed by atoms with Gasteiger partial charge in [-0.3, -0.25) is 0 Å². The van der Waals surface area contributed by atoms with E-state index in [1.165, 1.54) is 0 Å². The van der Waals surface area contributed by atoms with E-state index in [2.05, 4.69) is 0 Å². The summed E-state index contributed by atoms with van der Waals surface area (Å²) in [6.07, 6.45) is 1.12. The van der Waals surface area contributed by atoms with E-state index in [4.69, 9.17) is 11.5 Å². The maximum atomic E-state index is 6.55. The first-order chi connectivity index (χ1) is 2.27. The Balaban J connectivity index is 2.54. The molecule has 1 unspecified atom stereocenters. The first-order valence-electron chi connectivity index (χ1n) is 1.53. The van der Waals surface area contributed by atoms with E-state index in [0.29, 0.717) is 0 Å². The monoisotopic (exact) mass is 72.1 g/mol. The van der Waals surface area contributed by atoms with Crippen LogP contribution < -0.4 is 11.5 Å². The summed E-state index contributed by atoms with van der Waals surface area (Å²) in [5, 5.41) is 0. The Kier molecular flexibility index (Phi) is 2.14. The lowest BCUT2D eigenvalue weighted by Crippen LogP contribution is -2.19. The van der Waals surface area contributed by atoms with E-state index in [-0.39, 0.29) is 0 Å². The average Bonchev–Trinajstić information content (AvgIpc) is 1.38. The predicted molar refractivity (Wildman–Crippen MR) is 21.0 cm³/mol. The van der Waals surface area contributed by atoms with Gasteiger partial charge in [0.15, 0.2) is 0 Å². The van der Waals surface area contributed by atoms with Gasteiger partial charge in [0.2, 0.25) is 0 Å². The van der Waals surface area contributed by atoms with E-state index >= 15 is 0 Å². The lowest BCUT2D eigenvalue weighted by atomic mass is 10.4. The summed E-state index contributed by atoms with van der Waals surface area (Å²) in [5.74, 6) is 0. The lowest BCUT2D eigenvalue weighted by Gasteiger charge is -1.90. The van der Waals surface area contributed by atoms with Crippen molar-refractivity contribution in [2.75, 3.05) is 0 Å². The second kappa shape index (κ2) is 2.18. The molecule has 0 aliphatic carbocycles. The molecule has 5 heavy (non-hydrogen) atoms. The van der Waals surface area contributed by atoms with Crippen molar-refractivity contribution in [2.24, 2.45) is 5.73 Å². The van der Waals surface area contributed by atoms with Crippen molar-refractivity contribution >= 4 is 0 Å². The van der Waals surface area contributed by atoms with E-state index in [9.17, 15) is 0 Å². The third-order valence-electron chi connectivity index (χ3n) is 0.359. The first kappa shape index (κ1) is 4.92. The molecule has 2 nitrogen and oxygen atoms in total. The van der Waals surface area contributed by atoms with Crippen molar-refractivity contribution in [1.29, 1.82) is 0 Å². The van der Waals surface area contributed by atoms with Crippen LogP contribution in [0, 0.1) is 6.42 Å². The van der Waals surface area contributed by atoms with Crippen LogP contribution in [-0.2, 0) is 0 Å². The van der Waals surface area contributed by atoms with Gasteiger partial charge >= 0.3 is 0 Å². The van der Waals surface area contributed by atoms with Crippen LogP contribution in [0.1, 0.15) is 6.92 Å². The second-order valence-electron chi connectivity index (χ2n) is 0.859. The molecule has 3 N–H and O–H groups in total. The van der Waals surface area contributed by atoms with Crippen LogP contribution in [0.2, 0.25) is 0 Å². The fourth-order valence-corrected chi connectivity index (χ4v) is 0. The van der Waals surface area contributed by atoms with Gasteiger partial charge in [0, 0.05) is 0 Å². The Hall–Kier alpha value is -0.0800. The SMILES string of the molecule is C[CH]C([NH])N. The molecule has 2 radical (unpaired) electrons. The highest BCUT2D eigenvalue weighted by Gasteiger charge is 1.81. The van der Waals surface area contributed by atoms with E-state index in [0.717, 1.165) is 0 Å². The maximum Gasteiger partial charge on any atom is 0.0709 e. The summed E-state index contributed by atoms with van der Waals surface area (Å²) >= 11 is 0. The van der Waals surface area contributed by atoms with Gasteiger partial charge in [-0.25, -0.2) is 5.73 Å². The highest BCUT2D eigenvalue weighted by Crippen LogP contribution is 1.68. The van der Waals surface area contributed by atoms with Crippen LogP contribution in [0.4, 0.5) is 0 Å². The van der Waals surface area contributed by atoms with Gasteiger partial charge in [-0.2, -0.15) is 0 Å². The molecule has 0 aromatic heterocycles. The minimum atomic E-state index is -0.491. The molecular weight excluding hydrogens is 64.0 g/mol. The van der Waals surface area contributed by atoms with Crippen molar-refractivity contribution in [3.8, 4) is 0 Å². The summed E-state index contributed by atoms with van der Waals surface area (Å²) in [4.78, 5) is 0. The number of nitrogens with one attached hydrogen (secondary N) is 1. The number of hydrogen-bond donors (Lipinski definition) is 1. The van der Waals surface area contributed by atoms with Crippen LogP contribution in [0.3, 0.4) is 0 Å². The van der Waals surface area contributed by atoms with Crippen molar-refractivity contribution in [3.63, 3.8) is 0 Å². The van der Waals surface area contributed by atoms with Crippen molar-refractivity contribution in [2.45, 2.75) is 13.1 Å². The van der Waals surface area contributed by atoms with E-state index < -0.39 is 6.17 Å². The number of rotatable bonds is 1. The van der Waals surface area contributed by atoms with Gasteiger partial charge < -0.3 is 5.73 Å². The third kappa shape index (κ3) is 3.92. The molecule has 0 aliphatic heterocycles. The van der Waals surface area contributed by atoms with Gasteiger partial charge in [-0.15, -0.1) is 0 Å². The van der Waals surface area contributed by atoms with Crippen LogP contribution in [0.15, 0.2) is 0 Å². The van der Waals surface area contributed by atoms with E-state index in [1.54, 1.807) is 13.3 Å². The zero-order chi connectivity index (χ0) is 4.28. The molecule has 0 amide bonds. The Labute approximate surface area is 32.1 Å². The quantitative estimate of drug-likeness (QED) is 0.457. The second-order valence-corrected chi connectivity index (χ2v) is 0.859. The summed E-state index contributed by atoms with van der Waals surface area (Å²) in [5.41, 5.74) is 11.5. The van der Waals surface area contributed by atoms with Crippen molar-refractivity contribution in [1.82, 2.24) is 5.73 Å². The zero-order valence-corrected chi connectivity index (χ0v) is 3.23. The smallest absolute Gasteiger partial charge is 0.0709 e. The Morgan fingerprint density at radius 3 is 2.20 bits per heavy atom. The normalized spacial score (nSPS) is 9.60. The minimum Gasteiger partial charge on any atom is -0.315 e. The van der Waals surface area contributed by atoms with Crippen LogP contribution in [0.25, 0.3) is 0 Å². The molecule has 30 valence electrons. The van der Waals surface area contributed by atoms with Crippen LogP contribution in [0.5, 0.6) is 0 Å². The Morgan fingerprint density at radius 2 is 2.20 bits per heavy atom. The van der Waals surface area contributed by atoms with Gasteiger partial charge in [0.05, 0.1) is 6.17 Å². The first-order valence-corrected chi connectivity index (χ1v) is 1.53. The van der Waals surface area contributed by atoms with E-state index in [1.807, 2.05) is 0 Å². The molecule has 2 heteroatoms. The van der Waals surface area contributed by atoms with Crippen molar-refractivity contribution in [3.05, 3.63) is 6.42 Å². The summed E-state index contributed by atoms with van der Waals surface area (Å²) < 4.78 is 0. The molecule has 1 atom stereocenters. The average molecular weight is 72.1 g/mol. The molecule has 0 fully saturated rings. The molecule has 0 bridgehead atoms. The standard InChI is InChI=1S/C3H8N2/c1-2-3(4)5/h2-4H,5H2,1H3. The molecule has 0 aliphatic rings. The van der Waals surface area contributed by atoms with Gasteiger partial charge in [0.1, 0.15) is 0 Å². The van der Waals surface area contributed by atoms with Crippen LogP contribution >= 0.6 is 0 Å². The van der Waals surface area contributed by atoms with Crippen LogP contribution in [-0.4, -0.2) is 6.17 Å². The highest BCUT2D eigenvalue weighted by molar-refractivity contribution is 4.64. The Morgan fingerprint density at radius 1 is 2.00 bits per heavy atom. The topological polar surface area (TPSA) is 49.8 Å². The largest absolute Gasteiger partial charge is 0.315 e. The van der Waals surface area contributed by atoms with Crippen molar-refractivity contribution < 1.29 is 0 Å². The fraction of sp³-hybridized carbons (Fsp3) is 0.667. The summed E-state index contributed by atoms with van der Waals surface area (Å²) in [7, 11) is 0. The molecule has 0 rings (SSSR count). The Bertz CT molecular complexity index is 18.9. The molecule has 0 aromatic carbocycles. The lowest BCUT2D eigenvalue weighted by molar-refractivity contribution is 0.784. The molecule has 0 saturated carbocycles. The predicted octanol–water partition coefficient (Wildman–Crippen LogP) is -0.222. The molecule has 0 spiro atoms. The highest BCUT2D eigenvalue weighted by atomic mass is 14.8.